The van der Waals surface area contributed by atoms with Crippen LogP contribution in [0.15, 0.2) is 134 Å². The third-order valence-electron chi connectivity index (χ3n) is 7.52. The monoisotopic (exact) mass is 514 g/mol. The van der Waals surface area contributed by atoms with E-state index in [0.717, 1.165) is 5.56 Å². The topological polar surface area (TPSA) is 3.01 Å². The minimum absolute atomic E-state index is 1.14. The van der Waals surface area contributed by atoms with Gasteiger partial charge in [0.2, 0.25) is 11.4 Å². The summed E-state index contributed by atoms with van der Waals surface area (Å²) in [5.74, 6) is 0. The van der Waals surface area contributed by atoms with Crippen molar-refractivity contribution in [1.29, 1.82) is 0 Å². The Hall–Kier alpha value is -5.01. The molecular formula is C39H32N+. The summed E-state index contributed by atoms with van der Waals surface area (Å²) in [5, 5.41) is 2.47. The van der Waals surface area contributed by atoms with Gasteiger partial charge in [0.05, 0.1) is 16.5 Å². The van der Waals surface area contributed by atoms with Crippen molar-refractivity contribution in [2.75, 3.05) is 0 Å². The normalized spacial score (nSPS) is 13.6. The van der Waals surface area contributed by atoms with E-state index in [0.29, 0.717) is 0 Å². The second kappa shape index (κ2) is 11.0. The van der Waals surface area contributed by atoms with E-state index >= 15 is 0 Å². The number of hydrogen-bond acceptors (Lipinski definition) is 0. The highest BCUT2D eigenvalue weighted by Gasteiger charge is 2.33. The van der Waals surface area contributed by atoms with Crippen molar-refractivity contribution >= 4 is 40.5 Å². The highest BCUT2D eigenvalue weighted by molar-refractivity contribution is 6.10. The zero-order valence-electron chi connectivity index (χ0n) is 23.0. The number of hydrogen-bond donors (Lipinski definition) is 0. The quantitative estimate of drug-likeness (QED) is 0.154. The second-order valence-corrected chi connectivity index (χ2v) is 9.97. The molecule has 0 radical (unpaired) electrons. The molecule has 5 aromatic carbocycles. The van der Waals surface area contributed by atoms with Crippen LogP contribution in [0.3, 0.4) is 0 Å². The van der Waals surface area contributed by atoms with Crippen LogP contribution in [0.1, 0.15) is 25.0 Å². The Morgan fingerprint density at radius 1 is 0.600 bits per heavy atom. The minimum atomic E-state index is 1.14. The first-order valence-electron chi connectivity index (χ1n) is 13.8. The summed E-state index contributed by atoms with van der Waals surface area (Å²) in [6, 6.07) is 35.4. The van der Waals surface area contributed by atoms with Gasteiger partial charge in [0.25, 0.3) is 0 Å². The fourth-order valence-corrected chi connectivity index (χ4v) is 5.59. The van der Waals surface area contributed by atoms with E-state index in [1.54, 1.807) is 0 Å². The third kappa shape index (κ3) is 4.57. The molecule has 0 unspecified atom stereocenters. The SMILES string of the molecule is C=Cc1ccc(-c2ccc3c4c(ccc3c2)-c2ccc(-c3ccccc3)cc2[N+]4=C/C=C\C=C/C)cc1/C=C\C. The summed E-state index contributed by atoms with van der Waals surface area (Å²) in [4.78, 5) is 0. The average Bonchev–Trinajstić information content (AvgIpc) is 3.32. The van der Waals surface area contributed by atoms with Gasteiger partial charge in [0.15, 0.2) is 6.21 Å². The molecule has 0 amide bonds. The fourth-order valence-electron chi connectivity index (χ4n) is 5.59. The molecule has 0 aromatic heterocycles. The fraction of sp³-hybridized carbons (Fsp3) is 0.0513. The summed E-state index contributed by atoms with van der Waals surface area (Å²) in [6.07, 6.45) is 16.6. The van der Waals surface area contributed by atoms with Crippen LogP contribution in [0.2, 0.25) is 0 Å². The van der Waals surface area contributed by atoms with Crippen LogP contribution >= 0.6 is 0 Å². The van der Waals surface area contributed by atoms with Crippen molar-refractivity contribution < 1.29 is 0 Å². The molecule has 1 nitrogen and oxygen atoms in total. The van der Waals surface area contributed by atoms with Gasteiger partial charge in [-0.3, -0.25) is 0 Å². The number of fused-ring (bicyclic) bond motifs is 5. The van der Waals surface area contributed by atoms with Crippen molar-refractivity contribution in [2.24, 2.45) is 0 Å². The third-order valence-corrected chi connectivity index (χ3v) is 7.52. The van der Waals surface area contributed by atoms with Crippen LogP contribution in [0.5, 0.6) is 0 Å². The van der Waals surface area contributed by atoms with Gasteiger partial charge in [0, 0.05) is 12.1 Å². The first kappa shape index (κ1) is 25.3. The van der Waals surface area contributed by atoms with Crippen molar-refractivity contribution in [3.8, 4) is 33.4 Å². The molecule has 0 aliphatic carbocycles. The van der Waals surface area contributed by atoms with Gasteiger partial charge < -0.3 is 0 Å². The summed E-state index contributed by atoms with van der Waals surface area (Å²) in [6.45, 7) is 8.06. The van der Waals surface area contributed by atoms with Gasteiger partial charge in [-0.25, -0.2) is 0 Å². The maximum absolute atomic E-state index is 3.98. The second-order valence-electron chi connectivity index (χ2n) is 9.97. The average molecular weight is 515 g/mol. The van der Waals surface area contributed by atoms with E-state index in [2.05, 4.69) is 145 Å². The Bertz CT molecular complexity index is 1860. The lowest BCUT2D eigenvalue weighted by Gasteiger charge is -2.09. The van der Waals surface area contributed by atoms with Crippen LogP contribution < -0.4 is 4.58 Å². The lowest BCUT2D eigenvalue weighted by Crippen LogP contribution is -2.01. The van der Waals surface area contributed by atoms with E-state index in [4.69, 9.17) is 0 Å². The number of nitrogens with zero attached hydrogens (tertiary/aromatic N) is 1. The van der Waals surface area contributed by atoms with Gasteiger partial charge in [-0.2, -0.15) is 4.58 Å². The first-order valence-corrected chi connectivity index (χ1v) is 13.8. The zero-order valence-corrected chi connectivity index (χ0v) is 23.0. The number of allylic oxidation sites excluding steroid dienone is 5. The molecule has 40 heavy (non-hydrogen) atoms. The molecule has 1 heteroatoms. The predicted octanol–water partition coefficient (Wildman–Crippen LogP) is 10.9. The molecule has 0 atom stereocenters. The Morgan fingerprint density at radius 3 is 2.15 bits per heavy atom. The van der Waals surface area contributed by atoms with Crippen LogP contribution in [0, 0.1) is 0 Å². The molecule has 5 aromatic rings. The highest BCUT2D eigenvalue weighted by Crippen LogP contribution is 2.49. The van der Waals surface area contributed by atoms with Crippen LogP contribution in [0.25, 0.3) is 56.3 Å². The lowest BCUT2D eigenvalue weighted by atomic mass is 9.95. The van der Waals surface area contributed by atoms with Gasteiger partial charge in [-0.15, -0.1) is 0 Å². The highest BCUT2D eigenvalue weighted by atomic mass is 15.0. The molecule has 0 spiro atoms. The van der Waals surface area contributed by atoms with Gasteiger partial charge >= 0.3 is 0 Å². The van der Waals surface area contributed by atoms with E-state index in [-0.39, 0.29) is 0 Å². The molecule has 0 N–H and O–H groups in total. The van der Waals surface area contributed by atoms with Gasteiger partial charge in [0.1, 0.15) is 0 Å². The molecule has 0 saturated carbocycles. The Kier molecular flexibility index (Phi) is 6.95. The predicted molar refractivity (Wildman–Crippen MR) is 177 cm³/mol. The number of rotatable bonds is 6. The molecular weight excluding hydrogens is 482 g/mol. The molecule has 1 heterocycles. The van der Waals surface area contributed by atoms with Crippen LogP contribution in [-0.2, 0) is 0 Å². The standard InChI is InChI=1S/C39H32N/c1-4-7-8-12-24-40-38-27-33(29-14-10-9-11-15-29)19-22-36(38)37-23-20-34-26-32(18-21-35(34)39(37)40)31-17-16-28(6-3)30(25-31)13-5-2/h4-27H,3H2,1-2H3/q+1/b7-4-,12-8-,13-5-,40-24?. The zero-order chi connectivity index (χ0) is 27.5. The van der Waals surface area contributed by atoms with Crippen molar-refractivity contribution in [3.05, 3.63) is 145 Å². The molecule has 0 fully saturated rings. The van der Waals surface area contributed by atoms with Gasteiger partial charge in [-0.05, 0) is 82.9 Å². The van der Waals surface area contributed by atoms with E-state index < -0.39 is 0 Å². The van der Waals surface area contributed by atoms with Gasteiger partial charge in [-0.1, -0.05) is 104 Å². The maximum atomic E-state index is 3.98. The van der Waals surface area contributed by atoms with Crippen molar-refractivity contribution in [1.82, 2.24) is 4.58 Å². The maximum Gasteiger partial charge on any atom is 0.227 e. The van der Waals surface area contributed by atoms with E-state index in [1.807, 2.05) is 26.0 Å². The molecule has 1 aliphatic rings. The summed E-state index contributed by atoms with van der Waals surface area (Å²) in [5.41, 5.74) is 12.1. The van der Waals surface area contributed by atoms with Crippen molar-refractivity contribution in [2.45, 2.75) is 13.8 Å². The lowest BCUT2D eigenvalue weighted by molar-refractivity contribution is 1.15. The van der Waals surface area contributed by atoms with Crippen LogP contribution in [0.4, 0.5) is 11.4 Å². The van der Waals surface area contributed by atoms with E-state index in [1.165, 1.54) is 61.1 Å². The largest absolute Gasteiger partial charge is 0.227 e. The summed E-state index contributed by atoms with van der Waals surface area (Å²) in [7, 11) is 0. The Labute approximate surface area is 237 Å². The minimum Gasteiger partial charge on any atom is -0.159 e. The van der Waals surface area contributed by atoms with Crippen LogP contribution in [-0.4, -0.2) is 6.21 Å². The molecule has 0 bridgehead atoms. The molecule has 1 aliphatic heterocycles. The molecule has 6 rings (SSSR count). The first-order chi connectivity index (χ1) is 19.7. The molecule has 0 saturated heterocycles. The smallest absolute Gasteiger partial charge is 0.159 e. The Balaban J connectivity index is 1.51. The van der Waals surface area contributed by atoms with E-state index in [9.17, 15) is 0 Å². The summed E-state index contributed by atoms with van der Waals surface area (Å²) < 4.78 is 2.35. The Morgan fingerprint density at radius 2 is 1.35 bits per heavy atom. The molecule has 192 valence electrons. The summed E-state index contributed by atoms with van der Waals surface area (Å²) >= 11 is 0. The number of benzene rings is 5. The van der Waals surface area contributed by atoms with Crippen molar-refractivity contribution in [3.63, 3.8) is 0 Å².